The lowest BCUT2D eigenvalue weighted by molar-refractivity contribution is -0.176. The first-order valence-electron chi connectivity index (χ1n) is 4.64. The molecule has 6 nitrogen and oxygen atoms in total. The van der Waals surface area contributed by atoms with E-state index >= 15 is 0 Å². The Hall–Kier alpha value is -1.35. The summed E-state index contributed by atoms with van der Waals surface area (Å²) >= 11 is 0. The van der Waals surface area contributed by atoms with Crippen molar-refractivity contribution in [1.29, 1.82) is 0 Å². The van der Waals surface area contributed by atoms with Crippen LogP contribution in [0.1, 0.15) is 6.42 Å². The first-order chi connectivity index (χ1) is 7.80. The summed E-state index contributed by atoms with van der Waals surface area (Å²) in [6, 6.07) is -1.70. The molecule has 98 valence electrons. The second kappa shape index (κ2) is 5.32. The van der Waals surface area contributed by atoms with Crippen molar-refractivity contribution in [3.63, 3.8) is 0 Å². The fourth-order valence-electron chi connectivity index (χ4n) is 1.20. The maximum atomic E-state index is 11.9. The lowest BCUT2D eigenvalue weighted by Gasteiger charge is -2.18. The van der Waals surface area contributed by atoms with Gasteiger partial charge in [0.25, 0.3) is 0 Å². The van der Waals surface area contributed by atoms with Gasteiger partial charge in [-0.1, -0.05) is 0 Å². The third kappa shape index (κ3) is 4.19. The van der Waals surface area contributed by atoms with E-state index in [9.17, 15) is 22.8 Å². The number of hydrogen-bond donors (Lipinski definition) is 2. The SMILES string of the molecule is O=C(O)C(CC1OCCO1)NC(=O)C(F)(F)F. The quantitative estimate of drug-likeness (QED) is 0.733. The smallest absolute Gasteiger partial charge is 0.471 e. The molecule has 0 bridgehead atoms. The van der Waals surface area contributed by atoms with Crippen LogP contribution in [0.5, 0.6) is 0 Å². The number of ether oxygens (including phenoxy) is 2. The van der Waals surface area contributed by atoms with Crippen molar-refractivity contribution in [1.82, 2.24) is 5.32 Å². The first kappa shape index (κ1) is 13.7. The van der Waals surface area contributed by atoms with Crippen LogP contribution in [0.25, 0.3) is 0 Å². The molecule has 0 aromatic heterocycles. The molecule has 1 fully saturated rings. The van der Waals surface area contributed by atoms with Crippen LogP contribution in [-0.2, 0) is 19.1 Å². The van der Waals surface area contributed by atoms with Crippen LogP contribution in [0.4, 0.5) is 13.2 Å². The number of aliphatic carboxylic acids is 1. The Bertz CT molecular complexity index is 300. The maximum Gasteiger partial charge on any atom is 0.471 e. The molecule has 1 aliphatic rings. The number of carboxylic acids is 1. The lowest BCUT2D eigenvalue weighted by atomic mass is 10.2. The minimum absolute atomic E-state index is 0.240. The Kier molecular flexibility index (Phi) is 4.29. The van der Waals surface area contributed by atoms with E-state index in [1.807, 2.05) is 0 Å². The molecule has 0 spiro atoms. The molecule has 0 aromatic carbocycles. The Morgan fingerprint density at radius 2 is 1.88 bits per heavy atom. The molecule has 17 heavy (non-hydrogen) atoms. The zero-order chi connectivity index (χ0) is 13.1. The molecule has 0 saturated carbocycles. The molecule has 2 N–H and O–H groups in total. The Morgan fingerprint density at radius 1 is 1.35 bits per heavy atom. The zero-order valence-corrected chi connectivity index (χ0v) is 8.49. The summed E-state index contributed by atoms with van der Waals surface area (Å²) in [5, 5.41) is 10.0. The number of carbonyl (C=O) groups is 2. The second-order valence-corrected chi connectivity index (χ2v) is 3.27. The number of carbonyl (C=O) groups excluding carboxylic acids is 1. The minimum atomic E-state index is -5.12. The standard InChI is InChI=1S/C8H10F3NO5/c9-8(10,11)7(15)12-4(6(13)14)3-5-16-1-2-17-5/h4-5H,1-3H2,(H,12,15)(H,13,14). The molecular formula is C8H10F3NO5. The van der Waals surface area contributed by atoms with Gasteiger partial charge in [-0.15, -0.1) is 0 Å². The number of halogens is 3. The van der Waals surface area contributed by atoms with E-state index in [0.717, 1.165) is 0 Å². The molecule has 1 unspecified atom stereocenters. The average Bonchev–Trinajstić information content (AvgIpc) is 2.67. The van der Waals surface area contributed by atoms with Crippen molar-refractivity contribution >= 4 is 11.9 Å². The van der Waals surface area contributed by atoms with Gasteiger partial charge >= 0.3 is 18.1 Å². The van der Waals surface area contributed by atoms with Crippen LogP contribution in [0.2, 0.25) is 0 Å². The van der Waals surface area contributed by atoms with Gasteiger partial charge in [0.15, 0.2) is 6.29 Å². The molecule has 1 aliphatic heterocycles. The summed E-state index contributed by atoms with van der Waals surface area (Å²) < 4.78 is 45.5. The van der Waals surface area contributed by atoms with Crippen molar-refractivity contribution in [2.24, 2.45) is 0 Å². The highest BCUT2D eigenvalue weighted by atomic mass is 19.4. The number of nitrogens with one attached hydrogen (secondary N) is 1. The van der Waals surface area contributed by atoms with Crippen LogP contribution in [0, 0.1) is 0 Å². The second-order valence-electron chi connectivity index (χ2n) is 3.27. The van der Waals surface area contributed by atoms with Crippen LogP contribution in [0.3, 0.4) is 0 Å². The van der Waals surface area contributed by atoms with E-state index in [1.165, 1.54) is 5.32 Å². The van der Waals surface area contributed by atoms with Gasteiger partial charge in [-0.25, -0.2) is 4.79 Å². The van der Waals surface area contributed by atoms with E-state index < -0.39 is 30.4 Å². The third-order valence-corrected chi connectivity index (χ3v) is 1.98. The number of rotatable bonds is 4. The Balaban J connectivity index is 2.54. The van der Waals surface area contributed by atoms with E-state index in [0.29, 0.717) is 0 Å². The van der Waals surface area contributed by atoms with Crippen LogP contribution >= 0.6 is 0 Å². The average molecular weight is 257 g/mol. The van der Waals surface area contributed by atoms with E-state index in [2.05, 4.69) is 0 Å². The number of hydrogen-bond acceptors (Lipinski definition) is 4. The van der Waals surface area contributed by atoms with Crippen molar-refractivity contribution in [3.8, 4) is 0 Å². The minimum Gasteiger partial charge on any atom is -0.480 e. The number of alkyl halides is 3. The normalized spacial score (nSPS) is 19.0. The predicted molar refractivity (Wildman–Crippen MR) is 45.9 cm³/mol. The predicted octanol–water partition coefficient (Wildman–Crippen LogP) is -0.119. The van der Waals surface area contributed by atoms with Crippen molar-refractivity contribution in [2.75, 3.05) is 13.2 Å². The molecule has 1 rings (SSSR count). The zero-order valence-electron chi connectivity index (χ0n) is 8.49. The largest absolute Gasteiger partial charge is 0.480 e. The topological polar surface area (TPSA) is 84.9 Å². The summed E-state index contributed by atoms with van der Waals surface area (Å²) in [4.78, 5) is 21.2. The van der Waals surface area contributed by atoms with Crippen molar-refractivity contribution in [2.45, 2.75) is 24.9 Å². The van der Waals surface area contributed by atoms with Gasteiger partial charge in [0.2, 0.25) is 0 Å². The fraction of sp³-hybridized carbons (Fsp3) is 0.750. The van der Waals surface area contributed by atoms with Crippen molar-refractivity contribution < 1.29 is 37.3 Å². The first-order valence-corrected chi connectivity index (χ1v) is 4.64. The molecule has 1 heterocycles. The molecule has 1 amide bonds. The van der Waals surface area contributed by atoms with Gasteiger partial charge < -0.3 is 19.9 Å². The molecule has 1 saturated heterocycles. The Labute approximate surface area is 93.7 Å². The third-order valence-electron chi connectivity index (χ3n) is 1.98. The highest BCUT2D eigenvalue weighted by molar-refractivity contribution is 5.86. The van der Waals surface area contributed by atoms with Gasteiger partial charge in [0.05, 0.1) is 13.2 Å². The van der Waals surface area contributed by atoms with E-state index in [4.69, 9.17) is 14.6 Å². The van der Waals surface area contributed by atoms with E-state index in [1.54, 1.807) is 0 Å². The van der Waals surface area contributed by atoms with Gasteiger partial charge in [0, 0.05) is 6.42 Å². The highest BCUT2D eigenvalue weighted by Gasteiger charge is 2.41. The lowest BCUT2D eigenvalue weighted by Crippen LogP contribution is -2.48. The summed E-state index contributed by atoms with van der Waals surface area (Å²) in [5.74, 6) is -3.88. The summed E-state index contributed by atoms with van der Waals surface area (Å²) in [6.07, 6.45) is -6.41. The fourth-order valence-corrected chi connectivity index (χ4v) is 1.20. The van der Waals surface area contributed by atoms with Gasteiger partial charge in [-0.2, -0.15) is 13.2 Å². The number of amides is 1. The summed E-state index contributed by atoms with van der Waals surface area (Å²) in [7, 11) is 0. The van der Waals surface area contributed by atoms with E-state index in [-0.39, 0.29) is 19.6 Å². The molecule has 0 aliphatic carbocycles. The van der Waals surface area contributed by atoms with Crippen molar-refractivity contribution in [3.05, 3.63) is 0 Å². The molecular weight excluding hydrogens is 247 g/mol. The maximum absolute atomic E-state index is 11.9. The Morgan fingerprint density at radius 3 is 2.29 bits per heavy atom. The van der Waals surface area contributed by atoms with Gasteiger partial charge in [-0.3, -0.25) is 4.79 Å². The monoisotopic (exact) mass is 257 g/mol. The number of carboxylic acid groups (broad SMARTS) is 1. The summed E-state index contributed by atoms with van der Waals surface area (Å²) in [6.45, 7) is 0.481. The highest BCUT2D eigenvalue weighted by Crippen LogP contribution is 2.16. The summed E-state index contributed by atoms with van der Waals surface area (Å²) in [5.41, 5.74) is 0. The van der Waals surface area contributed by atoms with Crippen LogP contribution in [0.15, 0.2) is 0 Å². The van der Waals surface area contributed by atoms with Crippen LogP contribution < -0.4 is 5.32 Å². The van der Waals surface area contributed by atoms with Crippen LogP contribution in [-0.4, -0.2) is 48.7 Å². The molecule has 9 heteroatoms. The van der Waals surface area contributed by atoms with Gasteiger partial charge in [0.1, 0.15) is 6.04 Å². The molecule has 1 atom stereocenters. The molecule has 0 aromatic rings. The molecule has 0 radical (unpaired) electrons. The van der Waals surface area contributed by atoms with Gasteiger partial charge in [-0.05, 0) is 0 Å².